The van der Waals surface area contributed by atoms with E-state index in [2.05, 4.69) is 14.9 Å². The Morgan fingerprint density at radius 3 is 2.85 bits per heavy atom. The van der Waals surface area contributed by atoms with Gasteiger partial charge in [-0.1, -0.05) is 12.1 Å². The summed E-state index contributed by atoms with van der Waals surface area (Å²) in [6, 6.07) is 7.29. The number of anilines is 1. The zero-order chi connectivity index (χ0) is 18.1. The first kappa shape index (κ1) is 16.7. The van der Waals surface area contributed by atoms with Crippen LogP contribution in [0.1, 0.15) is 30.4 Å². The molecule has 1 fully saturated rings. The zero-order valence-electron chi connectivity index (χ0n) is 14.7. The summed E-state index contributed by atoms with van der Waals surface area (Å²) in [5.41, 5.74) is 1.43. The van der Waals surface area contributed by atoms with Gasteiger partial charge in [-0.3, -0.25) is 14.3 Å². The Morgan fingerprint density at radius 1 is 1.23 bits per heavy atom. The van der Waals surface area contributed by atoms with Crippen LogP contribution in [0.4, 0.5) is 5.82 Å². The molecule has 1 aromatic carbocycles. The van der Waals surface area contributed by atoms with Gasteiger partial charge in [-0.2, -0.15) is 0 Å². The van der Waals surface area contributed by atoms with Gasteiger partial charge in [-0.25, -0.2) is 9.97 Å². The summed E-state index contributed by atoms with van der Waals surface area (Å²) in [6.07, 6.45) is 5.24. The topological polar surface area (TPSA) is 84.1 Å². The molecular formula is C19H21N5O2. The summed E-state index contributed by atoms with van der Waals surface area (Å²) >= 11 is 0. The number of aliphatic hydroxyl groups is 1. The molecule has 4 rings (SSSR count). The van der Waals surface area contributed by atoms with Crippen LogP contribution in [0.5, 0.6) is 0 Å². The Balaban J connectivity index is 1.88. The maximum atomic E-state index is 13.0. The molecule has 134 valence electrons. The second-order valence-electron chi connectivity index (χ2n) is 6.48. The van der Waals surface area contributed by atoms with Gasteiger partial charge >= 0.3 is 0 Å². The van der Waals surface area contributed by atoms with Crippen molar-refractivity contribution in [1.82, 2.24) is 19.5 Å². The van der Waals surface area contributed by atoms with Gasteiger partial charge in [-0.05, 0) is 31.9 Å². The van der Waals surface area contributed by atoms with Crippen LogP contribution in [-0.2, 0) is 6.54 Å². The number of hydrogen-bond donors (Lipinski definition) is 1. The van der Waals surface area contributed by atoms with E-state index in [1.165, 1.54) is 0 Å². The summed E-state index contributed by atoms with van der Waals surface area (Å²) in [6.45, 7) is 2.90. The Labute approximate surface area is 151 Å². The van der Waals surface area contributed by atoms with Gasteiger partial charge < -0.3 is 10.0 Å². The fourth-order valence-corrected chi connectivity index (χ4v) is 3.73. The third kappa shape index (κ3) is 2.74. The summed E-state index contributed by atoms with van der Waals surface area (Å²) in [7, 11) is 0. The van der Waals surface area contributed by atoms with E-state index < -0.39 is 0 Å². The number of nitrogens with zero attached hydrogens (tertiary/aromatic N) is 5. The Kier molecular flexibility index (Phi) is 4.38. The summed E-state index contributed by atoms with van der Waals surface area (Å²) in [4.78, 5) is 28.8. The molecule has 1 atom stereocenters. The first-order chi connectivity index (χ1) is 12.7. The maximum absolute atomic E-state index is 13.0. The molecule has 0 amide bonds. The monoisotopic (exact) mass is 351 g/mol. The minimum Gasteiger partial charge on any atom is -0.395 e. The molecule has 1 aliphatic heterocycles. The molecule has 3 heterocycles. The summed E-state index contributed by atoms with van der Waals surface area (Å²) < 4.78 is 1.61. The summed E-state index contributed by atoms with van der Waals surface area (Å²) in [5, 5.41) is 10.1. The van der Waals surface area contributed by atoms with E-state index in [0.29, 0.717) is 16.7 Å². The molecule has 1 aliphatic rings. The number of fused-ring (bicyclic) bond motifs is 1. The Bertz CT molecular complexity index is 1000. The molecule has 7 heteroatoms. The van der Waals surface area contributed by atoms with Crippen molar-refractivity contribution in [3.63, 3.8) is 0 Å². The van der Waals surface area contributed by atoms with Crippen molar-refractivity contribution in [2.45, 2.75) is 32.4 Å². The Morgan fingerprint density at radius 2 is 2.04 bits per heavy atom. The average molecular weight is 351 g/mol. The van der Waals surface area contributed by atoms with Crippen molar-refractivity contribution in [2.75, 3.05) is 18.1 Å². The standard InChI is InChI=1S/C19H21N5O2/c1-13-17(21-9-8-20-13)23-10-4-7-16(23)18-22-15-6-3-2-5-14(15)19(26)24(18)11-12-25/h2-3,5-6,8-9,16,25H,4,7,10-12H2,1H3. The van der Waals surface area contributed by atoms with Crippen molar-refractivity contribution in [2.24, 2.45) is 0 Å². The van der Waals surface area contributed by atoms with Crippen LogP contribution in [-0.4, -0.2) is 37.8 Å². The smallest absolute Gasteiger partial charge is 0.261 e. The molecule has 1 unspecified atom stereocenters. The second kappa shape index (κ2) is 6.84. The molecule has 3 aromatic rings. The van der Waals surface area contributed by atoms with Crippen LogP contribution >= 0.6 is 0 Å². The SMILES string of the molecule is Cc1nccnc1N1CCCC1c1nc2ccccc2c(=O)n1CCO. The van der Waals surface area contributed by atoms with Crippen LogP contribution in [0, 0.1) is 6.92 Å². The highest BCUT2D eigenvalue weighted by Crippen LogP contribution is 2.35. The average Bonchev–Trinajstić information content (AvgIpc) is 3.14. The Hall–Kier alpha value is -2.80. The van der Waals surface area contributed by atoms with Crippen LogP contribution < -0.4 is 10.5 Å². The molecule has 1 N–H and O–H groups in total. The number of hydrogen-bond acceptors (Lipinski definition) is 6. The van der Waals surface area contributed by atoms with Gasteiger partial charge in [0.25, 0.3) is 5.56 Å². The van der Waals surface area contributed by atoms with Crippen LogP contribution in [0.2, 0.25) is 0 Å². The van der Waals surface area contributed by atoms with Crippen molar-refractivity contribution in [3.8, 4) is 0 Å². The number of aliphatic hydroxyl groups excluding tert-OH is 1. The van der Waals surface area contributed by atoms with Crippen LogP contribution in [0.25, 0.3) is 10.9 Å². The molecule has 7 nitrogen and oxygen atoms in total. The molecule has 26 heavy (non-hydrogen) atoms. The molecular weight excluding hydrogens is 330 g/mol. The highest BCUT2D eigenvalue weighted by Gasteiger charge is 2.32. The van der Waals surface area contributed by atoms with Gasteiger partial charge in [0.05, 0.1) is 35.8 Å². The number of aryl methyl sites for hydroxylation is 1. The lowest BCUT2D eigenvalue weighted by Gasteiger charge is -2.28. The van der Waals surface area contributed by atoms with Crippen molar-refractivity contribution >= 4 is 16.7 Å². The fraction of sp³-hybridized carbons (Fsp3) is 0.368. The zero-order valence-corrected chi connectivity index (χ0v) is 14.7. The number of benzene rings is 1. The van der Waals surface area contributed by atoms with Gasteiger partial charge in [-0.15, -0.1) is 0 Å². The largest absolute Gasteiger partial charge is 0.395 e. The lowest BCUT2D eigenvalue weighted by Crippen LogP contribution is -2.33. The van der Waals surface area contributed by atoms with E-state index in [1.54, 1.807) is 23.0 Å². The normalized spacial score (nSPS) is 17.2. The van der Waals surface area contributed by atoms with Crippen LogP contribution in [0.3, 0.4) is 0 Å². The van der Waals surface area contributed by atoms with Crippen molar-refractivity contribution in [1.29, 1.82) is 0 Å². The first-order valence-corrected chi connectivity index (χ1v) is 8.85. The first-order valence-electron chi connectivity index (χ1n) is 8.85. The molecule has 0 aliphatic carbocycles. The van der Waals surface area contributed by atoms with E-state index >= 15 is 0 Å². The number of para-hydroxylation sites is 1. The van der Waals surface area contributed by atoms with Gasteiger partial charge in [0.15, 0.2) is 5.82 Å². The predicted molar refractivity (Wildman–Crippen MR) is 99.2 cm³/mol. The van der Waals surface area contributed by atoms with Crippen molar-refractivity contribution in [3.05, 3.63) is 58.5 Å². The molecule has 0 bridgehead atoms. The third-order valence-corrected chi connectivity index (χ3v) is 4.89. The van der Waals surface area contributed by atoms with E-state index in [-0.39, 0.29) is 24.8 Å². The quantitative estimate of drug-likeness (QED) is 0.772. The highest BCUT2D eigenvalue weighted by molar-refractivity contribution is 5.77. The lowest BCUT2D eigenvalue weighted by molar-refractivity contribution is 0.270. The number of rotatable bonds is 4. The van der Waals surface area contributed by atoms with E-state index in [9.17, 15) is 9.90 Å². The van der Waals surface area contributed by atoms with Gasteiger partial charge in [0.1, 0.15) is 5.82 Å². The molecule has 0 radical (unpaired) electrons. The van der Waals surface area contributed by atoms with E-state index in [0.717, 1.165) is 30.9 Å². The molecule has 0 saturated carbocycles. The highest BCUT2D eigenvalue weighted by atomic mass is 16.3. The lowest BCUT2D eigenvalue weighted by atomic mass is 10.1. The maximum Gasteiger partial charge on any atom is 0.261 e. The van der Waals surface area contributed by atoms with Gasteiger partial charge in [0.2, 0.25) is 0 Å². The number of aromatic nitrogens is 4. The minimum atomic E-state index is -0.109. The fourth-order valence-electron chi connectivity index (χ4n) is 3.73. The van der Waals surface area contributed by atoms with Crippen molar-refractivity contribution < 1.29 is 5.11 Å². The molecule has 1 saturated heterocycles. The van der Waals surface area contributed by atoms with Crippen LogP contribution in [0.15, 0.2) is 41.5 Å². The minimum absolute atomic E-state index is 0.0609. The summed E-state index contributed by atoms with van der Waals surface area (Å²) in [5.74, 6) is 1.51. The molecule has 0 spiro atoms. The van der Waals surface area contributed by atoms with E-state index in [4.69, 9.17) is 4.98 Å². The van der Waals surface area contributed by atoms with Gasteiger partial charge in [0, 0.05) is 18.9 Å². The van der Waals surface area contributed by atoms with E-state index in [1.807, 2.05) is 25.1 Å². The second-order valence-corrected chi connectivity index (χ2v) is 6.48. The predicted octanol–water partition coefficient (Wildman–Crippen LogP) is 1.83. The third-order valence-electron chi connectivity index (χ3n) is 4.89. The molecule has 2 aromatic heterocycles.